The Hall–Kier alpha value is -3.95. The van der Waals surface area contributed by atoms with Crippen molar-refractivity contribution in [3.05, 3.63) is 63.7 Å². The number of hydrogen-bond donors (Lipinski definition) is 3. The number of aromatic nitrogens is 2. The quantitative estimate of drug-likeness (QED) is 0.422. The van der Waals surface area contributed by atoms with Gasteiger partial charge in [-0.3, -0.25) is 4.79 Å². The first-order chi connectivity index (χ1) is 15.9. The lowest BCUT2D eigenvalue weighted by Gasteiger charge is -2.21. The molecule has 0 bridgehead atoms. The van der Waals surface area contributed by atoms with Crippen molar-refractivity contribution in [2.45, 2.75) is 25.7 Å². The topological polar surface area (TPSA) is 136 Å². The highest BCUT2D eigenvalue weighted by atomic mass is 16.5. The first-order valence-electron chi connectivity index (χ1n) is 10.2. The molecule has 0 saturated carbocycles. The first-order valence-corrected chi connectivity index (χ1v) is 10.2. The Morgan fingerprint density at radius 3 is 2.42 bits per heavy atom. The summed E-state index contributed by atoms with van der Waals surface area (Å²) in [5.41, 5.74) is 0.642. The molecule has 0 unspecified atom stereocenters. The number of aromatic hydroxyl groups is 1. The predicted octanol–water partition coefficient (Wildman–Crippen LogP) is 2.28. The molecule has 1 amide bonds. The number of rotatable bonds is 10. The number of aromatic amines is 1. The Labute approximate surface area is 190 Å². The van der Waals surface area contributed by atoms with Crippen molar-refractivity contribution in [2.75, 3.05) is 27.9 Å². The van der Waals surface area contributed by atoms with Crippen LogP contribution in [0.1, 0.15) is 34.9 Å². The van der Waals surface area contributed by atoms with Crippen molar-refractivity contribution in [1.82, 2.24) is 15.3 Å². The van der Waals surface area contributed by atoms with E-state index in [4.69, 9.17) is 18.6 Å². The number of aryl methyl sites for hydroxylation is 1. The van der Waals surface area contributed by atoms with Gasteiger partial charge in [0.1, 0.15) is 11.5 Å². The number of nitrogens with one attached hydrogen (secondary N) is 2. The highest BCUT2D eigenvalue weighted by Crippen LogP contribution is 2.42. The minimum atomic E-state index is -0.831. The van der Waals surface area contributed by atoms with Gasteiger partial charge in [0.25, 0.3) is 0 Å². The largest absolute Gasteiger partial charge is 0.507 e. The van der Waals surface area contributed by atoms with E-state index in [9.17, 15) is 14.7 Å². The van der Waals surface area contributed by atoms with Gasteiger partial charge in [0.05, 0.1) is 33.2 Å². The van der Waals surface area contributed by atoms with E-state index < -0.39 is 11.5 Å². The fraction of sp³-hybridized carbons (Fsp3) is 0.348. The number of carbonyl (C=O) groups excluding carboxylic acids is 1. The minimum absolute atomic E-state index is 0.0291. The summed E-state index contributed by atoms with van der Waals surface area (Å²) in [7, 11) is 4.41. The highest BCUT2D eigenvalue weighted by molar-refractivity contribution is 5.78. The van der Waals surface area contributed by atoms with E-state index in [2.05, 4.69) is 15.3 Å². The van der Waals surface area contributed by atoms with Crippen molar-refractivity contribution in [2.24, 2.45) is 0 Å². The zero-order chi connectivity index (χ0) is 24.0. The Balaban J connectivity index is 1.98. The van der Waals surface area contributed by atoms with E-state index in [1.165, 1.54) is 27.4 Å². The van der Waals surface area contributed by atoms with Crippen LogP contribution in [-0.4, -0.2) is 48.9 Å². The van der Waals surface area contributed by atoms with Crippen LogP contribution < -0.4 is 25.2 Å². The average Bonchev–Trinajstić information content (AvgIpc) is 3.30. The number of amides is 1. The van der Waals surface area contributed by atoms with Gasteiger partial charge in [-0.25, -0.2) is 9.78 Å². The molecule has 0 aliphatic carbocycles. The molecule has 0 fully saturated rings. The van der Waals surface area contributed by atoms with Gasteiger partial charge in [-0.15, -0.1) is 0 Å². The van der Waals surface area contributed by atoms with E-state index in [1.54, 1.807) is 31.6 Å². The monoisotopic (exact) mass is 457 g/mol. The van der Waals surface area contributed by atoms with Crippen molar-refractivity contribution in [3.8, 4) is 23.0 Å². The molecule has 3 N–H and O–H groups in total. The van der Waals surface area contributed by atoms with Gasteiger partial charge in [0.15, 0.2) is 11.5 Å². The van der Waals surface area contributed by atoms with Crippen molar-refractivity contribution in [3.63, 3.8) is 0 Å². The van der Waals surface area contributed by atoms with Crippen LogP contribution in [-0.2, 0) is 11.2 Å². The average molecular weight is 457 g/mol. The second-order valence-electron chi connectivity index (χ2n) is 7.34. The van der Waals surface area contributed by atoms with E-state index in [1.807, 2.05) is 0 Å². The Bertz CT molecular complexity index is 1130. The lowest BCUT2D eigenvalue weighted by molar-refractivity contribution is -0.121. The fourth-order valence-corrected chi connectivity index (χ4v) is 3.63. The van der Waals surface area contributed by atoms with E-state index >= 15 is 0 Å². The van der Waals surface area contributed by atoms with Gasteiger partial charge >= 0.3 is 5.63 Å². The molecule has 176 valence electrons. The van der Waals surface area contributed by atoms with Gasteiger partial charge in [0, 0.05) is 43.3 Å². The summed E-state index contributed by atoms with van der Waals surface area (Å²) in [6, 6.07) is 4.63. The summed E-state index contributed by atoms with van der Waals surface area (Å²) in [6.45, 7) is 1.93. The molecule has 0 aliphatic heterocycles. The van der Waals surface area contributed by atoms with Gasteiger partial charge in [-0.05, 0) is 24.6 Å². The maximum atomic E-state index is 12.8. The first kappa shape index (κ1) is 23.7. The molecule has 2 aromatic heterocycles. The van der Waals surface area contributed by atoms with Gasteiger partial charge < -0.3 is 34.0 Å². The molecule has 3 rings (SSSR count). The lowest BCUT2D eigenvalue weighted by atomic mass is 9.88. The van der Waals surface area contributed by atoms with E-state index in [0.717, 1.165) is 5.69 Å². The van der Waals surface area contributed by atoms with Crippen LogP contribution in [0, 0.1) is 6.92 Å². The normalized spacial score (nSPS) is 11.6. The fourth-order valence-electron chi connectivity index (χ4n) is 3.63. The smallest absolute Gasteiger partial charge is 0.343 e. The number of carbonyl (C=O) groups is 1. The summed E-state index contributed by atoms with van der Waals surface area (Å²) < 4.78 is 21.4. The van der Waals surface area contributed by atoms with Crippen molar-refractivity contribution < 1.29 is 28.5 Å². The third kappa shape index (κ3) is 5.46. The summed E-state index contributed by atoms with van der Waals surface area (Å²) in [4.78, 5) is 32.4. The van der Waals surface area contributed by atoms with Crippen LogP contribution in [0.4, 0.5) is 0 Å². The van der Waals surface area contributed by atoms with Gasteiger partial charge in [0.2, 0.25) is 11.7 Å². The summed E-state index contributed by atoms with van der Waals surface area (Å²) in [6.07, 6.45) is 3.69. The summed E-state index contributed by atoms with van der Waals surface area (Å²) in [5, 5.41) is 13.4. The van der Waals surface area contributed by atoms with Crippen LogP contribution in [0.3, 0.4) is 0 Å². The van der Waals surface area contributed by atoms with Crippen LogP contribution in [0.5, 0.6) is 23.0 Å². The van der Waals surface area contributed by atoms with Gasteiger partial charge in [-0.1, -0.05) is 0 Å². The van der Waals surface area contributed by atoms with Crippen molar-refractivity contribution >= 4 is 5.91 Å². The number of benzene rings is 1. The number of imidazole rings is 1. The predicted molar refractivity (Wildman–Crippen MR) is 119 cm³/mol. The Kier molecular flexibility index (Phi) is 7.60. The summed E-state index contributed by atoms with van der Waals surface area (Å²) in [5.74, 6) is -0.0660. The molecular weight excluding hydrogens is 430 g/mol. The zero-order valence-electron chi connectivity index (χ0n) is 18.9. The van der Waals surface area contributed by atoms with E-state index in [-0.39, 0.29) is 29.4 Å². The molecule has 33 heavy (non-hydrogen) atoms. The number of nitrogens with zero attached hydrogens (tertiary/aromatic N) is 1. The van der Waals surface area contributed by atoms with Crippen LogP contribution in [0.15, 0.2) is 39.9 Å². The third-order valence-electron chi connectivity index (χ3n) is 5.19. The van der Waals surface area contributed by atoms with Crippen LogP contribution in [0.25, 0.3) is 0 Å². The van der Waals surface area contributed by atoms with E-state index in [0.29, 0.717) is 35.8 Å². The maximum absolute atomic E-state index is 12.8. The molecule has 0 aliphatic rings. The molecule has 0 spiro atoms. The Morgan fingerprint density at radius 1 is 1.18 bits per heavy atom. The third-order valence-corrected chi connectivity index (χ3v) is 5.19. The highest BCUT2D eigenvalue weighted by Gasteiger charge is 2.28. The molecule has 1 aromatic carbocycles. The standard InChI is InChI=1S/C23H27N3O7/c1-13-7-17(27)21(23(29)33-13)16(10-20(28)25-6-5-15-11-24-12-26-15)14-8-18(30-2)22(32-4)19(9-14)31-3/h7-9,11-12,16,27H,5-6,10H2,1-4H3,(H,24,26)(H,25,28)/t16-/m1/s1. The molecule has 10 nitrogen and oxygen atoms in total. The molecule has 0 radical (unpaired) electrons. The summed E-state index contributed by atoms with van der Waals surface area (Å²) >= 11 is 0. The molecule has 3 aromatic rings. The van der Waals surface area contributed by atoms with Gasteiger partial charge in [-0.2, -0.15) is 0 Å². The second kappa shape index (κ2) is 10.6. The number of ether oxygens (including phenoxy) is 3. The maximum Gasteiger partial charge on any atom is 0.343 e. The number of hydrogen-bond acceptors (Lipinski definition) is 8. The second-order valence-corrected chi connectivity index (χ2v) is 7.34. The van der Waals surface area contributed by atoms with Crippen molar-refractivity contribution in [1.29, 1.82) is 0 Å². The Morgan fingerprint density at radius 2 is 1.88 bits per heavy atom. The number of H-pyrrole nitrogens is 1. The lowest BCUT2D eigenvalue weighted by Crippen LogP contribution is -2.28. The molecule has 0 saturated heterocycles. The SMILES string of the molecule is COc1cc([C@@H](CC(=O)NCCc2cnc[nH]2)c2c(O)cc(C)oc2=O)cc(OC)c1OC. The van der Waals surface area contributed by atoms with Crippen LogP contribution >= 0.6 is 0 Å². The molecule has 10 heteroatoms. The number of methoxy groups -OCH3 is 3. The molecule has 1 atom stereocenters. The molecular formula is C23H27N3O7. The minimum Gasteiger partial charge on any atom is -0.507 e. The van der Waals surface area contributed by atoms with Crippen LogP contribution in [0.2, 0.25) is 0 Å². The zero-order valence-corrected chi connectivity index (χ0v) is 18.9. The molecule has 2 heterocycles.